The average molecular weight is 467 g/mol. The van der Waals surface area contributed by atoms with Gasteiger partial charge in [-0.2, -0.15) is 0 Å². The largest absolute Gasteiger partial charge is 0.481 e. The van der Waals surface area contributed by atoms with Gasteiger partial charge in [0.15, 0.2) is 0 Å². The molecule has 3 N–H and O–H groups in total. The molecule has 0 bridgehead atoms. The number of ether oxygens (including phenoxy) is 1. The Bertz CT molecular complexity index is 1040. The summed E-state index contributed by atoms with van der Waals surface area (Å²) >= 11 is 0. The number of hydrogen-bond donors (Lipinski definition) is 3. The third-order valence-electron chi connectivity index (χ3n) is 6.79. The van der Waals surface area contributed by atoms with Crippen molar-refractivity contribution in [3.8, 4) is 11.1 Å². The molecule has 8 nitrogen and oxygen atoms in total. The maximum Gasteiger partial charge on any atom is 0.407 e. The number of carboxylic acid groups (broad SMARTS) is 1. The van der Waals surface area contributed by atoms with E-state index in [-0.39, 0.29) is 19.1 Å². The fourth-order valence-corrected chi connectivity index (χ4v) is 5.01. The van der Waals surface area contributed by atoms with Crippen LogP contribution in [-0.2, 0) is 14.3 Å². The van der Waals surface area contributed by atoms with Gasteiger partial charge in [0.2, 0.25) is 5.91 Å². The van der Waals surface area contributed by atoms with Crippen LogP contribution in [0.25, 0.3) is 11.1 Å². The van der Waals surface area contributed by atoms with Crippen molar-refractivity contribution in [2.24, 2.45) is 5.41 Å². The second-order valence-corrected chi connectivity index (χ2v) is 9.45. The van der Waals surface area contributed by atoms with E-state index in [1.54, 1.807) is 0 Å². The number of fused-ring (bicyclic) bond motifs is 3. The van der Waals surface area contributed by atoms with E-state index in [4.69, 9.17) is 4.74 Å². The molecule has 2 amide bonds. The van der Waals surface area contributed by atoms with Crippen molar-refractivity contribution in [2.45, 2.75) is 38.1 Å². The highest BCUT2D eigenvalue weighted by Crippen LogP contribution is 2.44. The Morgan fingerprint density at radius 3 is 2.32 bits per heavy atom. The molecule has 1 saturated heterocycles. The van der Waals surface area contributed by atoms with Crippen molar-refractivity contribution < 1.29 is 29.3 Å². The lowest BCUT2D eigenvalue weighted by Gasteiger charge is -2.40. The van der Waals surface area contributed by atoms with Gasteiger partial charge in [-0.1, -0.05) is 55.5 Å². The molecule has 180 valence electrons. The number of amides is 2. The van der Waals surface area contributed by atoms with Crippen LogP contribution in [0.1, 0.15) is 43.2 Å². The molecule has 2 aromatic rings. The van der Waals surface area contributed by atoms with Crippen LogP contribution in [-0.4, -0.2) is 65.4 Å². The predicted molar refractivity (Wildman–Crippen MR) is 125 cm³/mol. The molecular weight excluding hydrogens is 436 g/mol. The van der Waals surface area contributed by atoms with Crippen LogP contribution >= 0.6 is 0 Å². The normalized spacial score (nSPS) is 20.2. The fraction of sp³-hybridized carbons (Fsp3) is 0.423. The Morgan fingerprint density at radius 1 is 1.12 bits per heavy atom. The fourth-order valence-electron chi connectivity index (χ4n) is 5.01. The van der Waals surface area contributed by atoms with E-state index in [1.165, 1.54) is 4.90 Å². The lowest BCUT2D eigenvalue weighted by molar-refractivity contribution is -0.144. The number of piperidine rings is 1. The van der Waals surface area contributed by atoms with Crippen molar-refractivity contribution in [3.05, 3.63) is 59.7 Å². The minimum absolute atomic E-state index is 0.0693. The number of rotatable bonds is 7. The van der Waals surface area contributed by atoms with Crippen molar-refractivity contribution >= 4 is 18.0 Å². The number of carbonyl (C=O) groups is 3. The Kier molecular flexibility index (Phi) is 6.88. The quantitative estimate of drug-likeness (QED) is 0.578. The number of carbonyl (C=O) groups excluding carboxylic acids is 2. The number of aliphatic carboxylic acids is 1. The molecule has 1 aliphatic carbocycles. The topological polar surface area (TPSA) is 116 Å². The standard InChI is InChI=1S/C26H30N2O6/c1-26(16-29)11-6-12-28(15-26)24(32)22(13-23(30)31)27-25(33)34-14-21-19-9-4-2-7-17(19)18-8-3-5-10-20(18)21/h2-5,7-10,21-22,29H,6,11-16H2,1H3,(H,27,33)(H,30,31). The van der Waals surface area contributed by atoms with Gasteiger partial charge in [0, 0.05) is 24.4 Å². The first-order chi connectivity index (χ1) is 16.3. The summed E-state index contributed by atoms with van der Waals surface area (Å²) in [7, 11) is 0. The van der Waals surface area contributed by atoms with E-state index >= 15 is 0 Å². The number of benzene rings is 2. The van der Waals surface area contributed by atoms with E-state index in [0.717, 1.165) is 28.7 Å². The van der Waals surface area contributed by atoms with Gasteiger partial charge in [-0.15, -0.1) is 0 Å². The van der Waals surface area contributed by atoms with Gasteiger partial charge in [0.1, 0.15) is 12.6 Å². The highest BCUT2D eigenvalue weighted by Gasteiger charge is 2.37. The molecular formula is C26H30N2O6. The van der Waals surface area contributed by atoms with Gasteiger partial charge < -0.3 is 25.2 Å². The summed E-state index contributed by atoms with van der Waals surface area (Å²) in [6, 6.07) is 14.7. The molecule has 2 aliphatic rings. The van der Waals surface area contributed by atoms with Crippen LogP contribution < -0.4 is 5.32 Å². The van der Waals surface area contributed by atoms with Gasteiger partial charge >= 0.3 is 12.1 Å². The van der Waals surface area contributed by atoms with E-state index in [2.05, 4.69) is 5.32 Å². The number of aliphatic hydroxyl groups excluding tert-OH is 1. The van der Waals surface area contributed by atoms with E-state index in [1.807, 2.05) is 55.5 Å². The zero-order valence-corrected chi connectivity index (χ0v) is 19.2. The minimum atomic E-state index is -1.24. The molecule has 4 rings (SSSR count). The first-order valence-electron chi connectivity index (χ1n) is 11.5. The molecule has 1 heterocycles. The molecule has 1 fully saturated rings. The minimum Gasteiger partial charge on any atom is -0.481 e. The summed E-state index contributed by atoms with van der Waals surface area (Å²) < 4.78 is 5.50. The van der Waals surface area contributed by atoms with Crippen molar-refractivity contribution in [1.82, 2.24) is 10.2 Å². The number of nitrogens with one attached hydrogen (secondary N) is 1. The third kappa shape index (κ3) is 4.92. The summed E-state index contributed by atoms with van der Waals surface area (Å²) in [4.78, 5) is 38.6. The Morgan fingerprint density at radius 2 is 1.74 bits per heavy atom. The Labute approximate surface area is 198 Å². The number of aliphatic hydroxyl groups is 1. The molecule has 0 spiro atoms. The summed E-state index contributed by atoms with van der Waals surface area (Å²) in [5.74, 6) is -1.81. The van der Waals surface area contributed by atoms with Gasteiger partial charge in [0.25, 0.3) is 0 Å². The van der Waals surface area contributed by atoms with Crippen molar-refractivity contribution in [2.75, 3.05) is 26.3 Å². The first-order valence-corrected chi connectivity index (χ1v) is 11.5. The zero-order valence-electron chi connectivity index (χ0n) is 19.2. The van der Waals surface area contributed by atoms with Crippen molar-refractivity contribution in [3.63, 3.8) is 0 Å². The maximum atomic E-state index is 13.1. The highest BCUT2D eigenvalue weighted by molar-refractivity contribution is 5.89. The second-order valence-electron chi connectivity index (χ2n) is 9.45. The van der Waals surface area contributed by atoms with Crippen LogP contribution in [0, 0.1) is 5.41 Å². The lowest BCUT2D eigenvalue weighted by atomic mass is 9.82. The number of hydrogen-bond acceptors (Lipinski definition) is 5. The Hall–Kier alpha value is -3.39. The SMILES string of the molecule is CC1(CO)CCCN(C(=O)C(CC(=O)O)NC(=O)OCC2c3ccccc3-c3ccccc32)C1. The number of nitrogens with zero attached hydrogens (tertiary/aromatic N) is 1. The van der Waals surface area contributed by atoms with Gasteiger partial charge in [-0.3, -0.25) is 9.59 Å². The summed E-state index contributed by atoms with van der Waals surface area (Å²) in [5.41, 5.74) is 3.88. The van der Waals surface area contributed by atoms with Crippen LogP contribution in [0.2, 0.25) is 0 Å². The van der Waals surface area contributed by atoms with Crippen LogP contribution in [0.15, 0.2) is 48.5 Å². The smallest absolute Gasteiger partial charge is 0.407 e. The number of alkyl carbamates (subject to hydrolysis) is 1. The van der Waals surface area contributed by atoms with Gasteiger partial charge in [-0.05, 0) is 35.1 Å². The molecule has 0 saturated carbocycles. The summed E-state index contributed by atoms with van der Waals surface area (Å²) in [6.07, 6.45) is 0.1000. The van der Waals surface area contributed by atoms with Gasteiger partial charge in [0.05, 0.1) is 13.0 Å². The molecule has 0 aromatic heterocycles. The first kappa shape index (κ1) is 23.8. The molecule has 2 unspecified atom stereocenters. The predicted octanol–water partition coefficient (Wildman–Crippen LogP) is 2.99. The van der Waals surface area contributed by atoms with Crippen molar-refractivity contribution in [1.29, 1.82) is 0 Å². The summed E-state index contributed by atoms with van der Waals surface area (Å²) in [6.45, 7) is 2.65. The monoisotopic (exact) mass is 466 g/mol. The Balaban J connectivity index is 1.43. The average Bonchev–Trinajstić information content (AvgIpc) is 3.15. The molecule has 2 atom stereocenters. The van der Waals surface area contributed by atoms with E-state index in [9.17, 15) is 24.6 Å². The van der Waals surface area contributed by atoms with Crippen LogP contribution in [0.5, 0.6) is 0 Å². The van der Waals surface area contributed by atoms with Crippen LogP contribution in [0.3, 0.4) is 0 Å². The molecule has 2 aromatic carbocycles. The third-order valence-corrected chi connectivity index (χ3v) is 6.79. The lowest BCUT2D eigenvalue weighted by Crippen LogP contribution is -2.54. The van der Waals surface area contributed by atoms with E-state index in [0.29, 0.717) is 19.5 Å². The summed E-state index contributed by atoms with van der Waals surface area (Å²) in [5, 5.41) is 21.4. The molecule has 8 heteroatoms. The van der Waals surface area contributed by atoms with E-state index < -0.39 is 35.8 Å². The number of carboxylic acids is 1. The molecule has 0 radical (unpaired) electrons. The molecule has 1 aliphatic heterocycles. The zero-order chi connectivity index (χ0) is 24.3. The van der Waals surface area contributed by atoms with Crippen LogP contribution in [0.4, 0.5) is 4.79 Å². The number of likely N-dealkylation sites (tertiary alicyclic amines) is 1. The second kappa shape index (κ2) is 9.85. The maximum absolute atomic E-state index is 13.1. The highest BCUT2D eigenvalue weighted by atomic mass is 16.5. The molecule has 34 heavy (non-hydrogen) atoms. The van der Waals surface area contributed by atoms with Gasteiger partial charge in [-0.25, -0.2) is 4.79 Å².